The molecule has 0 aromatic heterocycles. The molecular weight excluding hydrogens is 268 g/mol. The number of rotatable bonds is 12. The van der Waals surface area contributed by atoms with Gasteiger partial charge >= 0.3 is 9.28 Å². The molecule has 6 nitrogen and oxygen atoms in total. The van der Waals surface area contributed by atoms with Gasteiger partial charge in [0.25, 0.3) is 0 Å². The molecule has 2 rings (SSSR count). The molecule has 112 valence electrons. The van der Waals surface area contributed by atoms with Gasteiger partial charge in [0.15, 0.2) is 0 Å². The maximum absolute atomic E-state index is 5.83. The molecule has 7 heteroatoms. The Morgan fingerprint density at radius 3 is 2.32 bits per heavy atom. The Balaban J connectivity index is 1.61. The van der Waals surface area contributed by atoms with Gasteiger partial charge in [-0.1, -0.05) is 0 Å². The Kier molecular flexibility index (Phi) is 6.72. The highest BCUT2D eigenvalue weighted by Crippen LogP contribution is 2.15. The van der Waals surface area contributed by atoms with Crippen LogP contribution in [0.1, 0.15) is 6.42 Å². The molecule has 0 saturated carbocycles. The Labute approximate surface area is 116 Å². The van der Waals surface area contributed by atoms with Crippen molar-refractivity contribution in [2.75, 3.05) is 47.3 Å². The second-order valence-electron chi connectivity index (χ2n) is 4.88. The van der Waals surface area contributed by atoms with E-state index in [4.69, 9.17) is 27.8 Å². The lowest BCUT2D eigenvalue weighted by Gasteiger charge is -2.19. The lowest BCUT2D eigenvalue weighted by molar-refractivity contribution is -0.0262. The minimum atomic E-state index is -1.52. The van der Waals surface area contributed by atoms with E-state index in [2.05, 4.69) is 0 Å². The van der Waals surface area contributed by atoms with Crippen molar-refractivity contribution in [2.45, 2.75) is 30.8 Å². The summed E-state index contributed by atoms with van der Waals surface area (Å²) in [6, 6.07) is 0.923. The number of hydrogen-bond donors (Lipinski definition) is 0. The molecule has 0 aliphatic carbocycles. The minimum absolute atomic E-state index is 0.0863. The van der Waals surface area contributed by atoms with Gasteiger partial charge in [-0.2, -0.15) is 0 Å². The van der Waals surface area contributed by atoms with Crippen molar-refractivity contribution in [2.24, 2.45) is 0 Å². The number of hydrogen-bond acceptors (Lipinski definition) is 6. The summed E-state index contributed by atoms with van der Waals surface area (Å²) in [5.41, 5.74) is 0. The molecule has 0 radical (unpaired) electrons. The fourth-order valence-electron chi connectivity index (χ4n) is 1.77. The summed E-state index contributed by atoms with van der Waals surface area (Å²) < 4.78 is 32.3. The summed E-state index contributed by atoms with van der Waals surface area (Å²) in [4.78, 5) is 0. The Hall–Kier alpha value is -0.0231. The fourth-order valence-corrected chi connectivity index (χ4v) is 3.08. The van der Waals surface area contributed by atoms with Crippen molar-refractivity contribution in [1.82, 2.24) is 0 Å². The van der Waals surface area contributed by atoms with Gasteiger partial charge in [0.2, 0.25) is 0 Å². The first-order chi connectivity index (χ1) is 9.31. The summed E-state index contributed by atoms with van der Waals surface area (Å²) >= 11 is 0. The second kappa shape index (κ2) is 8.31. The van der Waals surface area contributed by atoms with Crippen LogP contribution in [0.4, 0.5) is 0 Å². The molecule has 0 N–H and O–H groups in total. The van der Waals surface area contributed by atoms with E-state index < -0.39 is 9.28 Å². The van der Waals surface area contributed by atoms with Crippen molar-refractivity contribution < 1.29 is 27.8 Å². The first kappa shape index (κ1) is 15.4. The van der Waals surface area contributed by atoms with Crippen molar-refractivity contribution in [3.8, 4) is 0 Å². The van der Waals surface area contributed by atoms with Gasteiger partial charge in [-0.05, 0) is 12.5 Å². The van der Waals surface area contributed by atoms with Crippen molar-refractivity contribution in [1.29, 1.82) is 0 Å². The van der Waals surface area contributed by atoms with Crippen LogP contribution in [0.2, 0.25) is 6.04 Å². The molecule has 19 heavy (non-hydrogen) atoms. The first-order valence-electron chi connectivity index (χ1n) is 6.80. The molecule has 0 aromatic carbocycles. The van der Waals surface area contributed by atoms with Crippen LogP contribution in [0.15, 0.2) is 0 Å². The quantitative estimate of drug-likeness (QED) is 0.375. The summed E-state index contributed by atoms with van der Waals surface area (Å²) in [5, 5.41) is 0. The third-order valence-corrected chi connectivity index (χ3v) is 5.04. The molecule has 2 fully saturated rings. The van der Waals surface area contributed by atoms with Crippen LogP contribution >= 0.6 is 0 Å². The molecule has 0 spiro atoms. The van der Waals surface area contributed by atoms with Crippen molar-refractivity contribution >= 4 is 9.28 Å². The topological polar surface area (TPSA) is 62.0 Å². The normalized spacial score (nSPS) is 26.7. The largest absolute Gasteiger partial charge is 0.400 e. The van der Waals surface area contributed by atoms with Gasteiger partial charge < -0.3 is 27.8 Å². The third kappa shape index (κ3) is 6.80. The first-order valence-corrected chi connectivity index (χ1v) is 8.56. The molecule has 0 aromatic rings. The summed E-state index contributed by atoms with van der Waals surface area (Å²) in [5.74, 6) is 0. The SMILES string of the molecule is CO[SiH](CCC(COCC1CO1)OCC1CO1)OC. The van der Waals surface area contributed by atoms with E-state index in [0.29, 0.717) is 25.9 Å². The standard InChI is InChI=1S/C12H24O6Si/c1-13-19(14-2)4-3-10(16-8-12-9-18-12)5-15-6-11-7-17-11/h10-12,19H,3-9H2,1-2H3. The average molecular weight is 292 g/mol. The zero-order chi connectivity index (χ0) is 13.5. The van der Waals surface area contributed by atoms with Gasteiger partial charge in [0.1, 0.15) is 12.2 Å². The molecule has 3 atom stereocenters. The van der Waals surface area contributed by atoms with Crippen LogP contribution in [0.25, 0.3) is 0 Å². The van der Waals surface area contributed by atoms with Gasteiger partial charge in [-0.15, -0.1) is 0 Å². The zero-order valence-electron chi connectivity index (χ0n) is 11.7. The van der Waals surface area contributed by atoms with E-state index in [1.807, 2.05) is 0 Å². The van der Waals surface area contributed by atoms with Crippen molar-refractivity contribution in [3.63, 3.8) is 0 Å². The Morgan fingerprint density at radius 2 is 1.74 bits per heavy atom. The zero-order valence-corrected chi connectivity index (χ0v) is 12.9. The highest BCUT2D eigenvalue weighted by atomic mass is 28.3. The average Bonchev–Trinajstić information content (AvgIpc) is 3.29. The maximum atomic E-state index is 5.83. The maximum Gasteiger partial charge on any atom is 0.320 e. The monoisotopic (exact) mass is 292 g/mol. The minimum Gasteiger partial charge on any atom is -0.400 e. The lowest BCUT2D eigenvalue weighted by atomic mass is 10.3. The second-order valence-corrected chi connectivity index (χ2v) is 7.26. The van der Waals surface area contributed by atoms with E-state index in [1.54, 1.807) is 14.2 Å². The van der Waals surface area contributed by atoms with Crippen LogP contribution in [0.3, 0.4) is 0 Å². The van der Waals surface area contributed by atoms with E-state index in [9.17, 15) is 0 Å². The van der Waals surface area contributed by atoms with Crippen molar-refractivity contribution in [3.05, 3.63) is 0 Å². The molecule has 2 heterocycles. The predicted molar refractivity (Wildman–Crippen MR) is 70.6 cm³/mol. The summed E-state index contributed by atoms with van der Waals surface area (Å²) in [6.45, 7) is 3.55. The van der Waals surface area contributed by atoms with Crippen LogP contribution in [0, 0.1) is 0 Å². The van der Waals surface area contributed by atoms with Crippen LogP contribution < -0.4 is 0 Å². The fraction of sp³-hybridized carbons (Fsp3) is 1.00. The summed E-state index contributed by atoms with van der Waals surface area (Å²) in [7, 11) is 1.89. The molecule has 2 aliphatic heterocycles. The highest BCUT2D eigenvalue weighted by molar-refractivity contribution is 6.44. The number of ether oxygens (including phenoxy) is 4. The molecule has 0 bridgehead atoms. The van der Waals surface area contributed by atoms with Gasteiger partial charge in [-0.25, -0.2) is 0 Å². The van der Waals surface area contributed by atoms with Gasteiger partial charge in [0.05, 0.1) is 39.1 Å². The lowest BCUT2D eigenvalue weighted by Crippen LogP contribution is -2.27. The molecule has 3 unspecified atom stereocenters. The van der Waals surface area contributed by atoms with E-state index in [-0.39, 0.29) is 12.2 Å². The molecule has 2 saturated heterocycles. The Morgan fingerprint density at radius 1 is 1.11 bits per heavy atom. The van der Waals surface area contributed by atoms with E-state index in [1.165, 1.54) is 0 Å². The highest BCUT2D eigenvalue weighted by Gasteiger charge is 2.26. The van der Waals surface area contributed by atoms with Crippen LogP contribution in [-0.4, -0.2) is 74.8 Å². The molecular formula is C12H24O6Si. The van der Waals surface area contributed by atoms with E-state index in [0.717, 1.165) is 25.7 Å². The Bertz CT molecular complexity index is 242. The third-order valence-electron chi connectivity index (χ3n) is 3.18. The molecule has 0 amide bonds. The van der Waals surface area contributed by atoms with Crippen LogP contribution in [-0.2, 0) is 27.8 Å². The van der Waals surface area contributed by atoms with Crippen LogP contribution in [0.5, 0.6) is 0 Å². The summed E-state index contributed by atoms with van der Waals surface area (Å²) in [6.07, 6.45) is 1.57. The smallest absolute Gasteiger partial charge is 0.320 e. The van der Waals surface area contributed by atoms with Gasteiger partial charge in [0, 0.05) is 14.2 Å². The van der Waals surface area contributed by atoms with E-state index >= 15 is 0 Å². The molecule has 2 aliphatic rings. The van der Waals surface area contributed by atoms with Gasteiger partial charge in [-0.3, -0.25) is 0 Å². The number of epoxide rings is 2. The predicted octanol–water partition coefficient (Wildman–Crippen LogP) is 0.0892.